The smallest absolute Gasteiger partial charge is 0.267 e. The number of hydrogen-bond donors (Lipinski definition) is 2. The Morgan fingerprint density at radius 3 is 2.74 bits per heavy atom. The van der Waals surface area contributed by atoms with Crippen LogP contribution >= 0.6 is 0 Å². The van der Waals surface area contributed by atoms with E-state index in [2.05, 4.69) is 29.0 Å². The van der Waals surface area contributed by atoms with Gasteiger partial charge in [-0.2, -0.15) is 0 Å². The van der Waals surface area contributed by atoms with Gasteiger partial charge in [0.25, 0.3) is 5.91 Å². The van der Waals surface area contributed by atoms with Crippen molar-refractivity contribution < 1.29 is 14.3 Å². The summed E-state index contributed by atoms with van der Waals surface area (Å²) in [5, 5.41) is 2.82. The summed E-state index contributed by atoms with van der Waals surface area (Å²) in [6.07, 6.45) is 2.75. The van der Waals surface area contributed by atoms with Crippen molar-refractivity contribution in [3.8, 4) is 5.75 Å². The van der Waals surface area contributed by atoms with Crippen LogP contribution in [0.3, 0.4) is 0 Å². The van der Waals surface area contributed by atoms with Gasteiger partial charge in [-0.05, 0) is 20.3 Å². The number of carbonyl (C=O) groups is 1. The SMILES string of the molecule is COc1c[nH]c(C(=O)NCCCN2C[C@@H](C)O[C@@H](C)C2)cc1=O. The third-order valence-corrected chi connectivity index (χ3v) is 3.77. The molecule has 1 amide bonds. The number of rotatable bonds is 6. The van der Waals surface area contributed by atoms with Gasteiger partial charge in [0, 0.05) is 38.4 Å². The number of aromatic nitrogens is 1. The van der Waals surface area contributed by atoms with Crippen LogP contribution in [0.5, 0.6) is 5.75 Å². The van der Waals surface area contributed by atoms with E-state index in [0.717, 1.165) is 26.1 Å². The van der Waals surface area contributed by atoms with Crippen LogP contribution < -0.4 is 15.5 Å². The number of hydrogen-bond acceptors (Lipinski definition) is 5. The molecule has 1 saturated heterocycles. The second-order valence-electron chi connectivity index (χ2n) is 5.91. The molecular formula is C16H25N3O4. The molecule has 2 rings (SSSR count). The molecule has 7 nitrogen and oxygen atoms in total. The molecular weight excluding hydrogens is 298 g/mol. The van der Waals surface area contributed by atoms with Crippen molar-refractivity contribution >= 4 is 5.91 Å². The van der Waals surface area contributed by atoms with Gasteiger partial charge in [-0.25, -0.2) is 0 Å². The average molecular weight is 323 g/mol. The number of nitrogens with zero attached hydrogens (tertiary/aromatic N) is 1. The first kappa shape index (κ1) is 17.5. The van der Waals surface area contributed by atoms with Crippen molar-refractivity contribution in [2.45, 2.75) is 32.5 Å². The predicted molar refractivity (Wildman–Crippen MR) is 87.0 cm³/mol. The van der Waals surface area contributed by atoms with E-state index in [4.69, 9.17) is 9.47 Å². The van der Waals surface area contributed by atoms with Gasteiger partial charge in [0.15, 0.2) is 5.75 Å². The molecule has 128 valence electrons. The molecule has 0 aromatic carbocycles. The molecule has 23 heavy (non-hydrogen) atoms. The van der Waals surface area contributed by atoms with Gasteiger partial charge in [0.2, 0.25) is 5.43 Å². The number of carbonyl (C=O) groups excluding carboxylic acids is 1. The Morgan fingerprint density at radius 1 is 1.43 bits per heavy atom. The molecule has 1 fully saturated rings. The van der Waals surface area contributed by atoms with E-state index in [0.29, 0.717) is 6.54 Å². The lowest BCUT2D eigenvalue weighted by molar-refractivity contribution is -0.0679. The first-order valence-electron chi connectivity index (χ1n) is 7.92. The lowest BCUT2D eigenvalue weighted by Crippen LogP contribution is -2.46. The van der Waals surface area contributed by atoms with Gasteiger partial charge in [-0.15, -0.1) is 0 Å². The van der Waals surface area contributed by atoms with Crippen LogP contribution in [0.25, 0.3) is 0 Å². The normalized spacial score (nSPS) is 21.9. The van der Waals surface area contributed by atoms with Crippen LogP contribution in [0.1, 0.15) is 30.8 Å². The number of pyridine rings is 1. The minimum Gasteiger partial charge on any atom is -0.491 e. The summed E-state index contributed by atoms with van der Waals surface area (Å²) in [7, 11) is 1.41. The summed E-state index contributed by atoms with van der Waals surface area (Å²) in [4.78, 5) is 28.7. The molecule has 7 heteroatoms. The standard InChI is InChI=1S/C16H25N3O4/c1-11-9-19(10-12(2)23-11)6-4-5-17-16(21)13-7-14(20)15(22-3)8-18-13/h7-8,11-12H,4-6,9-10H2,1-3H3,(H,17,21)(H,18,20)/t11-,12+. The first-order valence-corrected chi connectivity index (χ1v) is 7.92. The lowest BCUT2D eigenvalue weighted by atomic mass is 10.2. The maximum absolute atomic E-state index is 12.0. The summed E-state index contributed by atoms with van der Waals surface area (Å²) in [5.41, 5.74) is -0.0721. The van der Waals surface area contributed by atoms with Crippen molar-refractivity contribution in [1.82, 2.24) is 15.2 Å². The zero-order valence-corrected chi connectivity index (χ0v) is 13.9. The predicted octanol–water partition coefficient (Wildman–Crippen LogP) is 0.613. The van der Waals surface area contributed by atoms with Crippen LogP contribution in [0.2, 0.25) is 0 Å². The van der Waals surface area contributed by atoms with E-state index in [9.17, 15) is 9.59 Å². The Bertz CT molecular complexity index is 577. The molecule has 0 bridgehead atoms. The highest BCUT2D eigenvalue weighted by Crippen LogP contribution is 2.10. The molecule has 2 heterocycles. The Morgan fingerprint density at radius 2 is 2.13 bits per heavy atom. The molecule has 1 aromatic heterocycles. The first-order chi connectivity index (χ1) is 11.0. The molecule has 1 aliphatic heterocycles. The minimum atomic E-state index is -0.312. The number of H-pyrrole nitrogens is 1. The fourth-order valence-electron chi connectivity index (χ4n) is 2.82. The van der Waals surface area contributed by atoms with Crippen molar-refractivity contribution in [2.24, 2.45) is 0 Å². The van der Waals surface area contributed by atoms with Crippen LogP contribution in [0.4, 0.5) is 0 Å². The van der Waals surface area contributed by atoms with Gasteiger partial charge >= 0.3 is 0 Å². The number of amides is 1. The second-order valence-corrected chi connectivity index (χ2v) is 5.91. The van der Waals surface area contributed by atoms with E-state index < -0.39 is 0 Å². The highest BCUT2D eigenvalue weighted by Gasteiger charge is 2.21. The molecule has 0 saturated carbocycles. The van der Waals surface area contributed by atoms with Crippen LogP contribution in [-0.4, -0.2) is 61.3 Å². The number of morpholine rings is 1. The molecule has 0 radical (unpaired) electrons. The van der Waals surface area contributed by atoms with Crippen molar-refractivity contribution in [1.29, 1.82) is 0 Å². The summed E-state index contributed by atoms with van der Waals surface area (Å²) < 4.78 is 10.6. The Labute approximate surface area is 136 Å². The molecule has 0 aliphatic carbocycles. The van der Waals surface area contributed by atoms with Crippen molar-refractivity contribution in [3.05, 3.63) is 28.2 Å². The molecule has 2 atom stereocenters. The van der Waals surface area contributed by atoms with Gasteiger partial charge < -0.3 is 19.8 Å². The zero-order valence-electron chi connectivity index (χ0n) is 13.9. The quantitative estimate of drug-likeness (QED) is 0.750. The van der Waals surface area contributed by atoms with Gasteiger partial charge in [0.05, 0.1) is 19.3 Å². The molecule has 0 unspecified atom stereocenters. The number of nitrogens with one attached hydrogen (secondary N) is 2. The van der Waals surface area contributed by atoms with Crippen molar-refractivity contribution in [3.63, 3.8) is 0 Å². The highest BCUT2D eigenvalue weighted by molar-refractivity contribution is 5.92. The molecule has 1 aromatic rings. The fraction of sp³-hybridized carbons (Fsp3) is 0.625. The van der Waals surface area contributed by atoms with Crippen molar-refractivity contribution in [2.75, 3.05) is 33.3 Å². The monoisotopic (exact) mass is 323 g/mol. The minimum absolute atomic E-state index is 0.192. The third-order valence-electron chi connectivity index (χ3n) is 3.77. The number of methoxy groups -OCH3 is 1. The average Bonchev–Trinajstić information content (AvgIpc) is 2.50. The van der Waals surface area contributed by atoms with E-state index in [1.54, 1.807) is 0 Å². The van der Waals surface area contributed by atoms with Crippen LogP contribution in [-0.2, 0) is 4.74 Å². The molecule has 2 N–H and O–H groups in total. The molecule has 1 aliphatic rings. The van der Waals surface area contributed by atoms with Crippen LogP contribution in [0, 0.1) is 0 Å². The Hall–Kier alpha value is -1.86. The second kappa shape index (κ2) is 8.12. The highest BCUT2D eigenvalue weighted by atomic mass is 16.5. The maximum atomic E-state index is 12.0. The summed E-state index contributed by atoms with van der Waals surface area (Å²) in [5.74, 6) is -0.0921. The fourth-order valence-corrected chi connectivity index (χ4v) is 2.82. The molecule has 0 spiro atoms. The number of aromatic amines is 1. The topological polar surface area (TPSA) is 83.7 Å². The number of ether oxygens (including phenoxy) is 2. The summed E-state index contributed by atoms with van der Waals surface area (Å²) >= 11 is 0. The van der Waals surface area contributed by atoms with E-state index in [1.807, 2.05) is 0 Å². The zero-order chi connectivity index (χ0) is 16.8. The maximum Gasteiger partial charge on any atom is 0.267 e. The summed E-state index contributed by atoms with van der Waals surface area (Å²) in [6, 6.07) is 1.25. The van der Waals surface area contributed by atoms with Crippen LogP contribution in [0.15, 0.2) is 17.1 Å². The largest absolute Gasteiger partial charge is 0.491 e. The van der Waals surface area contributed by atoms with E-state index in [-0.39, 0.29) is 35.0 Å². The summed E-state index contributed by atoms with van der Waals surface area (Å²) in [6.45, 7) is 7.47. The van der Waals surface area contributed by atoms with Gasteiger partial charge in [-0.3, -0.25) is 14.5 Å². The van der Waals surface area contributed by atoms with E-state index >= 15 is 0 Å². The lowest BCUT2D eigenvalue weighted by Gasteiger charge is -2.35. The Balaban J connectivity index is 1.74. The van der Waals surface area contributed by atoms with E-state index in [1.165, 1.54) is 19.4 Å². The third kappa shape index (κ3) is 5.07. The van der Waals surface area contributed by atoms with Gasteiger partial charge in [-0.1, -0.05) is 0 Å². The van der Waals surface area contributed by atoms with Gasteiger partial charge in [0.1, 0.15) is 5.69 Å². The Kier molecular flexibility index (Phi) is 6.18.